The van der Waals surface area contributed by atoms with Crippen LogP contribution in [-0.4, -0.2) is 56.4 Å². The molecule has 2 rings (SSSR count). The highest BCUT2D eigenvalue weighted by atomic mass is 16.5. The fourth-order valence-corrected chi connectivity index (χ4v) is 3.04. The normalized spacial score (nSPS) is 12.9. The molecule has 0 spiro atoms. The molecule has 8 heteroatoms. The Morgan fingerprint density at radius 3 is 2.09 bits per heavy atom. The SMILES string of the molecule is COc1cccc(OC)c1OCC(O)CNC(=O)C(C)NC(=O)c1ccc(C(C)(C)C)cc1. The van der Waals surface area contributed by atoms with Gasteiger partial charge < -0.3 is 30.0 Å². The largest absolute Gasteiger partial charge is 0.493 e. The molecule has 8 nitrogen and oxygen atoms in total. The van der Waals surface area contributed by atoms with Crippen molar-refractivity contribution < 1.29 is 28.9 Å². The summed E-state index contributed by atoms with van der Waals surface area (Å²) in [6, 6.07) is 11.7. The first-order valence-corrected chi connectivity index (χ1v) is 10.8. The lowest BCUT2D eigenvalue weighted by Crippen LogP contribution is -2.47. The first-order valence-electron chi connectivity index (χ1n) is 10.8. The molecule has 0 radical (unpaired) electrons. The van der Waals surface area contributed by atoms with Crippen LogP contribution in [0.5, 0.6) is 17.2 Å². The third-order valence-corrected chi connectivity index (χ3v) is 5.07. The maximum absolute atomic E-state index is 12.5. The molecule has 0 fully saturated rings. The van der Waals surface area contributed by atoms with E-state index >= 15 is 0 Å². The highest BCUT2D eigenvalue weighted by Crippen LogP contribution is 2.36. The monoisotopic (exact) mass is 458 g/mol. The number of hydrogen-bond donors (Lipinski definition) is 3. The number of ether oxygens (including phenoxy) is 3. The molecule has 0 heterocycles. The molecule has 0 aliphatic rings. The molecule has 2 unspecified atom stereocenters. The number of methoxy groups -OCH3 is 2. The Labute approximate surface area is 195 Å². The minimum absolute atomic E-state index is 0.0104. The van der Waals surface area contributed by atoms with Gasteiger partial charge in [0.1, 0.15) is 18.8 Å². The van der Waals surface area contributed by atoms with Crippen molar-refractivity contribution in [2.45, 2.75) is 45.3 Å². The Kier molecular flexibility index (Phi) is 9.11. The summed E-state index contributed by atoms with van der Waals surface area (Å²) in [4.78, 5) is 24.8. The van der Waals surface area contributed by atoms with Gasteiger partial charge in [0.25, 0.3) is 5.91 Å². The molecule has 2 amide bonds. The predicted octanol–water partition coefficient (Wildman–Crippen LogP) is 2.68. The molecule has 0 aliphatic heterocycles. The van der Waals surface area contributed by atoms with Gasteiger partial charge in [-0.3, -0.25) is 9.59 Å². The highest BCUT2D eigenvalue weighted by molar-refractivity contribution is 5.97. The van der Waals surface area contributed by atoms with E-state index in [0.29, 0.717) is 22.8 Å². The van der Waals surface area contributed by atoms with Crippen LogP contribution in [-0.2, 0) is 10.2 Å². The van der Waals surface area contributed by atoms with E-state index in [-0.39, 0.29) is 24.5 Å². The first-order chi connectivity index (χ1) is 15.6. The maximum atomic E-state index is 12.5. The first kappa shape index (κ1) is 26.0. The Morgan fingerprint density at radius 1 is 1.00 bits per heavy atom. The number of rotatable bonds is 10. The van der Waals surface area contributed by atoms with Crippen molar-refractivity contribution in [3.63, 3.8) is 0 Å². The van der Waals surface area contributed by atoms with Crippen molar-refractivity contribution in [1.82, 2.24) is 10.6 Å². The van der Waals surface area contributed by atoms with Crippen LogP contribution in [0.1, 0.15) is 43.6 Å². The van der Waals surface area contributed by atoms with Crippen molar-refractivity contribution in [3.05, 3.63) is 53.6 Å². The van der Waals surface area contributed by atoms with Gasteiger partial charge in [-0.2, -0.15) is 0 Å². The zero-order valence-corrected chi connectivity index (χ0v) is 20.1. The van der Waals surface area contributed by atoms with Gasteiger partial charge in [0, 0.05) is 12.1 Å². The van der Waals surface area contributed by atoms with E-state index in [1.807, 2.05) is 12.1 Å². The zero-order chi connectivity index (χ0) is 24.6. The van der Waals surface area contributed by atoms with Gasteiger partial charge >= 0.3 is 0 Å². The minimum atomic E-state index is -0.976. The Hall–Kier alpha value is -3.26. The van der Waals surface area contributed by atoms with Gasteiger partial charge in [-0.05, 0) is 42.2 Å². The van der Waals surface area contributed by atoms with Crippen molar-refractivity contribution >= 4 is 11.8 Å². The zero-order valence-electron chi connectivity index (χ0n) is 20.1. The Bertz CT molecular complexity index is 915. The van der Waals surface area contributed by atoms with E-state index in [9.17, 15) is 14.7 Å². The molecule has 0 bridgehead atoms. The van der Waals surface area contributed by atoms with Crippen LogP contribution in [0, 0.1) is 0 Å². The van der Waals surface area contributed by atoms with Crippen LogP contribution >= 0.6 is 0 Å². The van der Waals surface area contributed by atoms with Gasteiger partial charge in [-0.1, -0.05) is 39.0 Å². The molecule has 0 aromatic heterocycles. The number of nitrogens with one attached hydrogen (secondary N) is 2. The van der Waals surface area contributed by atoms with Crippen LogP contribution in [0.4, 0.5) is 0 Å². The Balaban J connectivity index is 1.83. The van der Waals surface area contributed by atoms with Crippen molar-refractivity contribution in [2.75, 3.05) is 27.4 Å². The lowest BCUT2D eigenvalue weighted by atomic mass is 9.86. The van der Waals surface area contributed by atoms with Gasteiger partial charge in [-0.15, -0.1) is 0 Å². The molecule has 0 aliphatic carbocycles. The third-order valence-electron chi connectivity index (χ3n) is 5.07. The second kappa shape index (κ2) is 11.6. The van der Waals surface area contributed by atoms with E-state index in [4.69, 9.17) is 14.2 Å². The number of carbonyl (C=O) groups is 2. The number of aliphatic hydroxyl groups is 1. The summed E-state index contributed by atoms with van der Waals surface area (Å²) in [6.07, 6.45) is -0.976. The topological polar surface area (TPSA) is 106 Å². The molecular weight excluding hydrogens is 424 g/mol. The standard InChI is InChI=1S/C25H34N2O6/c1-16(27-24(30)17-10-12-18(13-11-17)25(2,3)4)23(29)26-14-19(28)15-33-22-20(31-5)8-7-9-21(22)32-6/h7-13,16,19,28H,14-15H2,1-6H3,(H,26,29)(H,27,30). The minimum Gasteiger partial charge on any atom is -0.493 e. The Morgan fingerprint density at radius 2 is 1.58 bits per heavy atom. The molecular formula is C25H34N2O6. The fraction of sp³-hybridized carbons (Fsp3) is 0.440. The van der Waals surface area contributed by atoms with E-state index in [2.05, 4.69) is 31.4 Å². The molecule has 180 valence electrons. The summed E-state index contributed by atoms with van der Waals surface area (Å²) in [6.45, 7) is 7.75. The molecule has 0 saturated heterocycles. The molecule has 2 aromatic rings. The van der Waals surface area contributed by atoms with Crippen molar-refractivity contribution in [1.29, 1.82) is 0 Å². The van der Waals surface area contributed by atoms with E-state index in [1.165, 1.54) is 14.2 Å². The average Bonchev–Trinajstić information content (AvgIpc) is 2.80. The van der Waals surface area contributed by atoms with Gasteiger partial charge in [0.05, 0.1) is 14.2 Å². The molecule has 3 N–H and O–H groups in total. The van der Waals surface area contributed by atoms with Gasteiger partial charge in [0.2, 0.25) is 11.7 Å². The number of carbonyl (C=O) groups excluding carboxylic acids is 2. The maximum Gasteiger partial charge on any atom is 0.251 e. The van der Waals surface area contributed by atoms with Crippen LogP contribution in [0.2, 0.25) is 0 Å². The third kappa shape index (κ3) is 7.39. The smallest absolute Gasteiger partial charge is 0.251 e. The number of amides is 2. The number of benzene rings is 2. The molecule has 33 heavy (non-hydrogen) atoms. The lowest BCUT2D eigenvalue weighted by molar-refractivity contribution is -0.123. The number of hydrogen-bond acceptors (Lipinski definition) is 6. The van der Waals surface area contributed by atoms with Crippen LogP contribution < -0.4 is 24.8 Å². The van der Waals surface area contributed by atoms with Crippen LogP contribution in [0.3, 0.4) is 0 Å². The van der Waals surface area contributed by atoms with E-state index in [0.717, 1.165) is 5.56 Å². The molecule has 0 saturated carbocycles. The van der Waals surface area contributed by atoms with Crippen LogP contribution in [0.15, 0.2) is 42.5 Å². The highest BCUT2D eigenvalue weighted by Gasteiger charge is 2.20. The lowest BCUT2D eigenvalue weighted by Gasteiger charge is -2.20. The van der Waals surface area contributed by atoms with E-state index in [1.54, 1.807) is 37.3 Å². The number of para-hydroxylation sites is 1. The van der Waals surface area contributed by atoms with E-state index < -0.39 is 18.1 Å². The predicted molar refractivity (Wildman–Crippen MR) is 126 cm³/mol. The quantitative estimate of drug-likeness (QED) is 0.506. The second-order valence-corrected chi connectivity index (χ2v) is 8.72. The summed E-state index contributed by atoms with van der Waals surface area (Å²) in [5, 5.41) is 15.5. The summed E-state index contributed by atoms with van der Waals surface area (Å²) < 4.78 is 16.1. The van der Waals surface area contributed by atoms with Crippen LogP contribution in [0.25, 0.3) is 0 Å². The second-order valence-electron chi connectivity index (χ2n) is 8.72. The van der Waals surface area contributed by atoms with Gasteiger partial charge in [0.15, 0.2) is 11.5 Å². The van der Waals surface area contributed by atoms with Gasteiger partial charge in [-0.25, -0.2) is 0 Å². The summed E-state index contributed by atoms with van der Waals surface area (Å²) in [5.41, 5.74) is 1.58. The van der Waals surface area contributed by atoms with Crippen molar-refractivity contribution in [3.8, 4) is 17.2 Å². The number of aliphatic hydroxyl groups excluding tert-OH is 1. The molecule has 2 aromatic carbocycles. The summed E-state index contributed by atoms with van der Waals surface area (Å²) in [7, 11) is 3.01. The summed E-state index contributed by atoms with van der Waals surface area (Å²) >= 11 is 0. The average molecular weight is 459 g/mol. The van der Waals surface area contributed by atoms with Crippen molar-refractivity contribution in [2.24, 2.45) is 0 Å². The summed E-state index contributed by atoms with van der Waals surface area (Å²) in [5.74, 6) is 0.551. The molecule has 2 atom stereocenters. The fourth-order valence-electron chi connectivity index (χ4n) is 3.04.